The van der Waals surface area contributed by atoms with Gasteiger partial charge in [0.25, 0.3) is 5.91 Å². The topological polar surface area (TPSA) is 178 Å². The number of nitrogens with two attached hydrogens (primary N) is 1. The van der Waals surface area contributed by atoms with Gasteiger partial charge in [-0.3, -0.25) is 9.69 Å². The fourth-order valence-corrected chi connectivity index (χ4v) is 3.30. The predicted molar refractivity (Wildman–Crippen MR) is 107 cm³/mol. The van der Waals surface area contributed by atoms with E-state index < -0.39 is 11.9 Å². The molecule has 1 aromatic carbocycles. The van der Waals surface area contributed by atoms with Gasteiger partial charge >= 0.3 is 5.97 Å². The van der Waals surface area contributed by atoms with Crippen LogP contribution in [0.25, 0.3) is 5.82 Å². The largest absolute Gasteiger partial charge is 0.478 e. The Morgan fingerprint density at radius 3 is 2.74 bits per heavy atom. The number of nitrogens with zero attached hydrogens (tertiary/aromatic N) is 7. The molecule has 160 valence electrons. The number of carbonyl (C=O) groups excluding carboxylic acids is 1. The molecule has 1 saturated heterocycles. The Bertz CT molecular complexity index is 1130. The molecule has 31 heavy (non-hydrogen) atoms. The first-order chi connectivity index (χ1) is 15.0. The van der Waals surface area contributed by atoms with Gasteiger partial charge in [-0.25, -0.2) is 14.8 Å². The molecule has 1 amide bonds. The Kier molecular flexibility index (Phi) is 5.66. The minimum absolute atomic E-state index is 0.0329. The van der Waals surface area contributed by atoms with Crippen LogP contribution in [0.1, 0.15) is 44.9 Å². The SMILES string of the molecule is Nc1nonc1-n1nnc(CN2CCCC2)c1C(=O)N/N=C/c1ccccc1C(=O)O. The summed E-state index contributed by atoms with van der Waals surface area (Å²) in [5.74, 6) is -1.74. The molecule has 0 radical (unpaired) electrons. The minimum atomic E-state index is -1.10. The molecule has 0 spiro atoms. The second kappa shape index (κ2) is 8.71. The van der Waals surface area contributed by atoms with Gasteiger partial charge in [-0.15, -0.1) is 5.10 Å². The lowest BCUT2D eigenvalue weighted by Gasteiger charge is -2.13. The summed E-state index contributed by atoms with van der Waals surface area (Å²) >= 11 is 0. The van der Waals surface area contributed by atoms with Gasteiger partial charge in [0.1, 0.15) is 5.69 Å². The third-order valence-electron chi connectivity index (χ3n) is 4.78. The zero-order chi connectivity index (χ0) is 21.8. The molecule has 3 heterocycles. The Labute approximate surface area is 175 Å². The summed E-state index contributed by atoms with van der Waals surface area (Å²) in [6.07, 6.45) is 3.40. The molecule has 2 aromatic heterocycles. The lowest BCUT2D eigenvalue weighted by molar-refractivity contribution is 0.0696. The molecule has 1 fully saturated rings. The average Bonchev–Trinajstić information content (AvgIpc) is 3.50. The van der Waals surface area contributed by atoms with Crippen LogP contribution in [-0.4, -0.2) is 66.5 Å². The quantitative estimate of drug-likeness (QED) is 0.352. The van der Waals surface area contributed by atoms with Crippen molar-refractivity contribution in [2.75, 3.05) is 18.8 Å². The molecule has 3 aromatic rings. The first-order valence-electron chi connectivity index (χ1n) is 9.45. The standard InChI is InChI=1S/C18H19N9O4/c19-15-16(24-31-23-15)27-14(13(21-25-27)10-26-7-3-4-8-26)17(28)22-20-9-11-5-1-2-6-12(11)18(29)30/h1-2,5-6,9H,3-4,7-8,10H2,(H2,19,23)(H,22,28)(H,29,30)/b20-9+. The van der Waals surface area contributed by atoms with E-state index in [0.717, 1.165) is 30.6 Å². The van der Waals surface area contributed by atoms with Crippen LogP contribution in [0.3, 0.4) is 0 Å². The molecule has 4 rings (SSSR count). The number of benzene rings is 1. The highest BCUT2D eigenvalue weighted by Crippen LogP contribution is 2.19. The van der Waals surface area contributed by atoms with Crippen LogP contribution in [0.2, 0.25) is 0 Å². The highest BCUT2D eigenvalue weighted by Gasteiger charge is 2.26. The van der Waals surface area contributed by atoms with Gasteiger partial charge in [0.05, 0.1) is 11.8 Å². The van der Waals surface area contributed by atoms with E-state index in [1.165, 1.54) is 12.3 Å². The third-order valence-corrected chi connectivity index (χ3v) is 4.78. The Balaban J connectivity index is 1.61. The summed E-state index contributed by atoms with van der Waals surface area (Å²) in [6.45, 7) is 2.21. The van der Waals surface area contributed by atoms with E-state index in [0.29, 0.717) is 17.8 Å². The van der Waals surface area contributed by atoms with Gasteiger partial charge in [0.2, 0.25) is 11.6 Å². The lowest BCUT2D eigenvalue weighted by Crippen LogP contribution is -2.26. The summed E-state index contributed by atoms with van der Waals surface area (Å²) in [5, 5.41) is 28.5. The summed E-state index contributed by atoms with van der Waals surface area (Å²) in [4.78, 5) is 26.4. The van der Waals surface area contributed by atoms with E-state index in [9.17, 15) is 14.7 Å². The van der Waals surface area contributed by atoms with Crippen molar-refractivity contribution in [3.8, 4) is 5.82 Å². The molecule has 4 N–H and O–H groups in total. The molecule has 0 bridgehead atoms. The zero-order valence-electron chi connectivity index (χ0n) is 16.3. The van der Waals surface area contributed by atoms with E-state index in [1.807, 2.05) is 0 Å². The average molecular weight is 425 g/mol. The molecule has 1 aliphatic heterocycles. The first-order valence-corrected chi connectivity index (χ1v) is 9.45. The van der Waals surface area contributed by atoms with E-state index in [2.05, 4.69) is 40.7 Å². The number of carbonyl (C=O) groups is 2. The van der Waals surface area contributed by atoms with Crippen molar-refractivity contribution in [1.29, 1.82) is 0 Å². The zero-order valence-corrected chi connectivity index (χ0v) is 16.3. The van der Waals surface area contributed by atoms with Gasteiger partial charge in [0, 0.05) is 12.1 Å². The Morgan fingerprint density at radius 2 is 2.03 bits per heavy atom. The fraction of sp³-hybridized carbons (Fsp3) is 0.278. The van der Waals surface area contributed by atoms with Crippen LogP contribution >= 0.6 is 0 Å². The van der Waals surface area contributed by atoms with Crippen molar-refractivity contribution in [3.63, 3.8) is 0 Å². The number of nitrogens with one attached hydrogen (secondary N) is 1. The number of likely N-dealkylation sites (tertiary alicyclic amines) is 1. The number of aromatic carboxylic acids is 1. The smallest absolute Gasteiger partial charge is 0.336 e. The first kappa shape index (κ1) is 20.2. The van der Waals surface area contributed by atoms with E-state index in [1.54, 1.807) is 18.2 Å². The molecular weight excluding hydrogens is 406 g/mol. The van der Waals surface area contributed by atoms with Crippen molar-refractivity contribution < 1.29 is 19.3 Å². The second-order valence-electron chi connectivity index (χ2n) is 6.84. The number of aromatic nitrogens is 5. The van der Waals surface area contributed by atoms with Gasteiger partial charge in [0.15, 0.2) is 5.69 Å². The molecule has 13 nitrogen and oxygen atoms in total. The molecule has 1 aliphatic rings. The Hall–Kier alpha value is -4.13. The number of hydrogen-bond acceptors (Lipinski definition) is 10. The normalized spacial score (nSPS) is 14.3. The van der Waals surface area contributed by atoms with Crippen LogP contribution in [0.5, 0.6) is 0 Å². The van der Waals surface area contributed by atoms with Crippen molar-refractivity contribution in [2.24, 2.45) is 5.10 Å². The summed E-state index contributed by atoms with van der Waals surface area (Å²) in [6, 6.07) is 6.29. The van der Waals surface area contributed by atoms with Gasteiger partial charge in [-0.2, -0.15) is 9.78 Å². The lowest BCUT2D eigenvalue weighted by atomic mass is 10.1. The van der Waals surface area contributed by atoms with Crippen LogP contribution in [0.15, 0.2) is 34.0 Å². The number of anilines is 1. The third kappa shape index (κ3) is 4.25. The summed E-state index contributed by atoms with van der Waals surface area (Å²) in [7, 11) is 0. The van der Waals surface area contributed by atoms with E-state index >= 15 is 0 Å². The fourth-order valence-electron chi connectivity index (χ4n) is 3.30. The number of carboxylic acid groups (broad SMARTS) is 1. The summed E-state index contributed by atoms with van der Waals surface area (Å²) < 4.78 is 5.76. The molecular formula is C18H19N9O4. The number of amides is 1. The van der Waals surface area contributed by atoms with Crippen molar-refractivity contribution in [2.45, 2.75) is 19.4 Å². The monoisotopic (exact) mass is 425 g/mol. The number of carboxylic acids is 1. The Morgan fingerprint density at radius 1 is 1.26 bits per heavy atom. The van der Waals surface area contributed by atoms with Crippen LogP contribution in [0, 0.1) is 0 Å². The number of hydrogen-bond donors (Lipinski definition) is 3. The van der Waals surface area contributed by atoms with Crippen molar-refractivity contribution >= 4 is 23.9 Å². The number of rotatable bonds is 7. The van der Waals surface area contributed by atoms with Gasteiger partial charge < -0.3 is 10.8 Å². The number of hydrazone groups is 1. The van der Waals surface area contributed by atoms with E-state index in [-0.39, 0.29) is 22.9 Å². The molecule has 0 aliphatic carbocycles. The molecule has 0 unspecified atom stereocenters. The maximum absolute atomic E-state index is 13.0. The highest BCUT2D eigenvalue weighted by atomic mass is 16.6. The minimum Gasteiger partial charge on any atom is -0.478 e. The van der Waals surface area contributed by atoms with Crippen LogP contribution in [0.4, 0.5) is 5.82 Å². The highest BCUT2D eigenvalue weighted by molar-refractivity contribution is 5.99. The van der Waals surface area contributed by atoms with Crippen molar-refractivity contribution in [3.05, 3.63) is 46.8 Å². The predicted octanol–water partition coefficient (Wildman–Crippen LogP) is 0.290. The summed E-state index contributed by atoms with van der Waals surface area (Å²) in [5.41, 5.74) is 9.03. The number of nitrogen functional groups attached to an aromatic ring is 1. The van der Waals surface area contributed by atoms with Gasteiger partial charge in [-0.05, 0) is 42.3 Å². The molecule has 0 saturated carbocycles. The molecule has 0 atom stereocenters. The second-order valence-corrected chi connectivity index (χ2v) is 6.84. The molecule has 13 heteroatoms. The van der Waals surface area contributed by atoms with Crippen LogP contribution in [-0.2, 0) is 6.54 Å². The van der Waals surface area contributed by atoms with Gasteiger partial charge in [-0.1, -0.05) is 23.4 Å². The van der Waals surface area contributed by atoms with Crippen LogP contribution < -0.4 is 11.2 Å². The maximum Gasteiger partial charge on any atom is 0.336 e. The maximum atomic E-state index is 13.0. The van der Waals surface area contributed by atoms with E-state index in [4.69, 9.17) is 5.73 Å². The van der Waals surface area contributed by atoms with Crippen molar-refractivity contribution in [1.82, 2.24) is 35.6 Å².